The maximum Gasteiger partial charge on any atom is 0.261 e. The summed E-state index contributed by atoms with van der Waals surface area (Å²) in [5, 5.41) is 8.34. The fourth-order valence-electron chi connectivity index (χ4n) is 1.05. The van der Waals surface area contributed by atoms with Gasteiger partial charge in [-0.2, -0.15) is 4.72 Å². The Morgan fingerprint density at radius 2 is 1.88 bits per heavy atom. The highest BCUT2D eigenvalue weighted by Crippen LogP contribution is 2.07. The molecule has 1 atom stereocenters. The van der Waals surface area contributed by atoms with Gasteiger partial charge in [-0.15, -0.1) is 0 Å². The van der Waals surface area contributed by atoms with Gasteiger partial charge in [-0.1, -0.05) is 18.2 Å². The Kier molecular flexibility index (Phi) is 3.99. The van der Waals surface area contributed by atoms with Crippen molar-refractivity contribution in [3.05, 3.63) is 30.3 Å². The fourth-order valence-corrected chi connectivity index (χ4v) is 2.27. The first-order valence-electron chi connectivity index (χ1n) is 4.48. The van der Waals surface area contributed by atoms with Crippen molar-refractivity contribution >= 4 is 15.9 Å². The summed E-state index contributed by atoms with van der Waals surface area (Å²) in [6.07, 6.45) is 0. The van der Waals surface area contributed by atoms with Gasteiger partial charge in [0.05, 0.1) is 4.90 Å². The van der Waals surface area contributed by atoms with Crippen LogP contribution in [0.5, 0.6) is 0 Å². The van der Waals surface area contributed by atoms with E-state index >= 15 is 0 Å². The van der Waals surface area contributed by atoms with E-state index in [1.54, 1.807) is 18.2 Å². The van der Waals surface area contributed by atoms with Crippen LogP contribution in [0.3, 0.4) is 0 Å². The minimum absolute atomic E-state index is 0.0626. The van der Waals surface area contributed by atoms with Crippen molar-refractivity contribution in [2.75, 3.05) is 0 Å². The average Bonchev–Trinajstić information content (AvgIpc) is 2.28. The molecule has 1 amide bonds. The van der Waals surface area contributed by atoms with Crippen LogP contribution in [0.15, 0.2) is 35.2 Å². The number of amides is 1. The summed E-state index contributed by atoms with van der Waals surface area (Å²) in [7, 11) is -3.74. The van der Waals surface area contributed by atoms with Crippen molar-refractivity contribution in [3.8, 4) is 0 Å². The molecule has 1 unspecified atom stereocenters. The van der Waals surface area contributed by atoms with Gasteiger partial charge < -0.3 is 0 Å². The number of carbonyl (C=O) groups is 1. The number of hydrogen-bond donors (Lipinski definition) is 3. The smallest absolute Gasteiger partial charge is 0.261 e. The van der Waals surface area contributed by atoms with Crippen LogP contribution < -0.4 is 10.2 Å². The number of sulfonamides is 1. The summed E-state index contributed by atoms with van der Waals surface area (Å²) in [6.45, 7) is 1.33. The highest BCUT2D eigenvalue weighted by molar-refractivity contribution is 7.89. The van der Waals surface area contributed by atoms with Crippen LogP contribution in [0, 0.1) is 0 Å². The van der Waals surface area contributed by atoms with Gasteiger partial charge in [-0.3, -0.25) is 10.0 Å². The molecule has 7 heteroatoms. The van der Waals surface area contributed by atoms with E-state index in [9.17, 15) is 13.2 Å². The molecule has 0 aliphatic heterocycles. The molecule has 0 heterocycles. The van der Waals surface area contributed by atoms with E-state index < -0.39 is 22.0 Å². The highest BCUT2D eigenvalue weighted by Gasteiger charge is 2.21. The first kappa shape index (κ1) is 12.6. The Labute approximate surface area is 93.3 Å². The van der Waals surface area contributed by atoms with Gasteiger partial charge in [0, 0.05) is 0 Å². The zero-order valence-electron chi connectivity index (χ0n) is 8.54. The van der Waals surface area contributed by atoms with Crippen LogP contribution in [0.25, 0.3) is 0 Å². The molecule has 1 aromatic carbocycles. The van der Waals surface area contributed by atoms with Crippen LogP contribution in [0.1, 0.15) is 6.92 Å². The Morgan fingerprint density at radius 1 is 1.31 bits per heavy atom. The molecule has 0 aromatic heterocycles. The largest absolute Gasteiger partial charge is 0.289 e. The lowest BCUT2D eigenvalue weighted by molar-refractivity contribution is -0.130. The lowest BCUT2D eigenvalue weighted by atomic mass is 10.4. The second-order valence-corrected chi connectivity index (χ2v) is 4.85. The van der Waals surface area contributed by atoms with E-state index in [4.69, 9.17) is 5.21 Å². The highest BCUT2D eigenvalue weighted by atomic mass is 32.2. The van der Waals surface area contributed by atoms with E-state index in [-0.39, 0.29) is 4.90 Å². The standard InChI is InChI=1S/C9H12N2O4S/c1-7(9(12)10-13)11-16(14,15)8-5-3-2-4-6-8/h2-7,11,13H,1H3,(H,10,12). The second-order valence-electron chi connectivity index (χ2n) is 3.13. The molecule has 1 rings (SSSR count). The van der Waals surface area contributed by atoms with Gasteiger partial charge in [0.15, 0.2) is 0 Å². The summed E-state index contributed by atoms with van der Waals surface area (Å²) < 4.78 is 25.5. The Bertz CT molecular complexity index is 458. The summed E-state index contributed by atoms with van der Waals surface area (Å²) in [5.74, 6) is -0.820. The molecule has 16 heavy (non-hydrogen) atoms. The van der Waals surface area contributed by atoms with Gasteiger partial charge in [0.1, 0.15) is 6.04 Å². The molecule has 0 saturated heterocycles. The van der Waals surface area contributed by atoms with Gasteiger partial charge >= 0.3 is 0 Å². The van der Waals surface area contributed by atoms with E-state index in [2.05, 4.69) is 4.72 Å². The number of hydrogen-bond acceptors (Lipinski definition) is 4. The predicted octanol–water partition coefficient (Wildman–Crippen LogP) is -0.141. The summed E-state index contributed by atoms with van der Waals surface area (Å²) in [4.78, 5) is 11.0. The Balaban J connectivity index is 2.85. The molecule has 0 aliphatic carbocycles. The third kappa shape index (κ3) is 3.02. The van der Waals surface area contributed by atoms with E-state index in [1.807, 2.05) is 0 Å². The minimum Gasteiger partial charge on any atom is -0.289 e. The molecule has 88 valence electrons. The third-order valence-corrected chi connectivity index (χ3v) is 3.45. The molecular weight excluding hydrogens is 232 g/mol. The first-order valence-corrected chi connectivity index (χ1v) is 5.97. The Morgan fingerprint density at radius 3 is 2.38 bits per heavy atom. The van der Waals surface area contributed by atoms with E-state index in [1.165, 1.54) is 24.5 Å². The van der Waals surface area contributed by atoms with Crippen molar-refractivity contribution in [1.82, 2.24) is 10.2 Å². The zero-order valence-corrected chi connectivity index (χ0v) is 9.36. The third-order valence-electron chi connectivity index (χ3n) is 1.89. The fraction of sp³-hybridized carbons (Fsp3) is 0.222. The molecule has 6 nitrogen and oxygen atoms in total. The molecule has 1 aromatic rings. The predicted molar refractivity (Wildman–Crippen MR) is 56.2 cm³/mol. The maximum absolute atomic E-state index is 11.7. The molecule has 3 N–H and O–H groups in total. The van der Waals surface area contributed by atoms with Crippen LogP contribution in [0.2, 0.25) is 0 Å². The molecule has 0 fully saturated rings. The van der Waals surface area contributed by atoms with E-state index in [0.717, 1.165) is 0 Å². The molecule has 0 bridgehead atoms. The van der Waals surface area contributed by atoms with Crippen molar-refractivity contribution in [1.29, 1.82) is 0 Å². The van der Waals surface area contributed by atoms with Crippen molar-refractivity contribution < 1.29 is 18.4 Å². The number of carbonyl (C=O) groups excluding carboxylic acids is 1. The van der Waals surface area contributed by atoms with E-state index in [0.29, 0.717) is 0 Å². The quantitative estimate of drug-likeness (QED) is 0.507. The van der Waals surface area contributed by atoms with Gasteiger partial charge in [-0.05, 0) is 19.1 Å². The number of rotatable bonds is 4. The normalized spacial score (nSPS) is 13.1. The lowest BCUT2D eigenvalue weighted by Gasteiger charge is -2.11. The average molecular weight is 244 g/mol. The Hall–Kier alpha value is -1.44. The van der Waals surface area contributed by atoms with Crippen LogP contribution in [-0.2, 0) is 14.8 Å². The molecule has 0 aliphatic rings. The van der Waals surface area contributed by atoms with Gasteiger partial charge in [-0.25, -0.2) is 13.9 Å². The lowest BCUT2D eigenvalue weighted by Crippen LogP contribution is -2.43. The van der Waals surface area contributed by atoms with Crippen molar-refractivity contribution in [3.63, 3.8) is 0 Å². The molecule has 0 saturated carbocycles. The molecule has 0 spiro atoms. The monoisotopic (exact) mass is 244 g/mol. The number of nitrogens with one attached hydrogen (secondary N) is 2. The summed E-state index contributed by atoms with van der Waals surface area (Å²) >= 11 is 0. The molecular formula is C9H12N2O4S. The number of hydroxylamine groups is 1. The molecule has 0 radical (unpaired) electrons. The van der Waals surface area contributed by atoms with Crippen LogP contribution >= 0.6 is 0 Å². The topological polar surface area (TPSA) is 95.5 Å². The van der Waals surface area contributed by atoms with Gasteiger partial charge in [0.2, 0.25) is 10.0 Å². The number of benzene rings is 1. The summed E-state index contributed by atoms with van der Waals surface area (Å²) in [5.41, 5.74) is 1.37. The van der Waals surface area contributed by atoms with Crippen molar-refractivity contribution in [2.45, 2.75) is 17.9 Å². The van der Waals surface area contributed by atoms with Gasteiger partial charge in [0.25, 0.3) is 5.91 Å². The summed E-state index contributed by atoms with van der Waals surface area (Å²) in [6, 6.07) is 6.60. The minimum atomic E-state index is -3.74. The van der Waals surface area contributed by atoms with Crippen LogP contribution in [-0.4, -0.2) is 25.6 Å². The SMILES string of the molecule is CC(NS(=O)(=O)c1ccccc1)C(=O)NO. The maximum atomic E-state index is 11.7. The zero-order chi connectivity index (χ0) is 12.2. The second kappa shape index (κ2) is 5.06. The van der Waals surface area contributed by atoms with Crippen LogP contribution in [0.4, 0.5) is 0 Å². The first-order chi connectivity index (χ1) is 7.47. The van der Waals surface area contributed by atoms with Crippen molar-refractivity contribution in [2.24, 2.45) is 0 Å².